The smallest absolute Gasteiger partial charge is 0.251 e. The second-order valence-corrected chi connectivity index (χ2v) is 12.5. The second kappa shape index (κ2) is 11.3. The molecule has 2 aromatic rings. The topological polar surface area (TPSA) is 122 Å². The maximum atomic E-state index is 13.1. The highest BCUT2D eigenvalue weighted by molar-refractivity contribution is 7.89. The van der Waals surface area contributed by atoms with Crippen LogP contribution in [-0.4, -0.2) is 84.4 Å². The van der Waals surface area contributed by atoms with Crippen molar-refractivity contribution >= 4 is 26.0 Å². The zero-order chi connectivity index (χ0) is 25.8. The predicted molar refractivity (Wildman–Crippen MR) is 133 cm³/mol. The summed E-state index contributed by atoms with van der Waals surface area (Å²) in [5.41, 5.74) is 1.08. The second-order valence-electron chi connectivity index (χ2n) is 8.64. The van der Waals surface area contributed by atoms with E-state index in [1.807, 2.05) is 0 Å². The molecule has 2 fully saturated rings. The Morgan fingerprint density at radius 2 is 1.56 bits per heavy atom. The maximum absolute atomic E-state index is 13.1. The quantitative estimate of drug-likeness (QED) is 0.514. The van der Waals surface area contributed by atoms with Crippen LogP contribution in [0.1, 0.15) is 28.8 Å². The lowest BCUT2D eigenvalue weighted by Gasteiger charge is -2.26. The van der Waals surface area contributed by atoms with Crippen LogP contribution >= 0.6 is 0 Å². The normalized spacial score (nSPS) is 17.7. The molecule has 0 radical (unpaired) electrons. The highest BCUT2D eigenvalue weighted by Gasteiger charge is 2.30. The van der Waals surface area contributed by atoms with Gasteiger partial charge in [-0.1, -0.05) is 12.1 Å². The molecule has 2 aromatic carbocycles. The number of benzene rings is 2. The predicted octanol–water partition coefficient (Wildman–Crippen LogP) is 1.47. The lowest BCUT2D eigenvalue weighted by Crippen LogP contribution is -2.40. The summed E-state index contributed by atoms with van der Waals surface area (Å²) < 4.78 is 64.9. The number of methoxy groups -OCH3 is 1. The fourth-order valence-corrected chi connectivity index (χ4v) is 7.38. The van der Waals surface area contributed by atoms with E-state index >= 15 is 0 Å². The molecule has 0 spiro atoms. The Morgan fingerprint density at radius 1 is 0.917 bits per heavy atom. The molecular weight excluding hydrogens is 506 g/mol. The highest BCUT2D eigenvalue weighted by Crippen LogP contribution is 2.28. The fraction of sp³-hybridized carbons (Fsp3) is 0.458. The monoisotopic (exact) mass is 537 g/mol. The molecule has 0 aromatic heterocycles. The first-order chi connectivity index (χ1) is 17.2. The minimum Gasteiger partial charge on any atom is -0.495 e. The summed E-state index contributed by atoms with van der Waals surface area (Å²) in [6, 6.07) is 11.0. The third-order valence-corrected chi connectivity index (χ3v) is 10.2. The SMILES string of the molecule is COc1ccc(C(=O)NCCc2ccc(S(=O)(=O)N3CCCC3)cc2)cc1S(=O)(=O)N1CCOCC1. The molecule has 36 heavy (non-hydrogen) atoms. The van der Waals surface area contributed by atoms with Gasteiger partial charge >= 0.3 is 0 Å². The summed E-state index contributed by atoms with van der Waals surface area (Å²) in [6.07, 6.45) is 2.25. The number of nitrogens with one attached hydrogen (secondary N) is 1. The van der Waals surface area contributed by atoms with Gasteiger partial charge in [-0.05, 0) is 55.2 Å². The number of carbonyl (C=O) groups excluding carboxylic acids is 1. The van der Waals surface area contributed by atoms with E-state index in [0.717, 1.165) is 18.4 Å². The van der Waals surface area contributed by atoms with E-state index in [9.17, 15) is 21.6 Å². The van der Waals surface area contributed by atoms with Crippen LogP contribution in [0.4, 0.5) is 0 Å². The van der Waals surface area contributed by atoms with Gasteiger partial charge in [0.15, 0.2) is 0 Å². The minimum atomic E-state index is -3.85. The molecule has 2 saturated heterocycles. The van der Waals surface area contributed by atoms with Gasteiger partial charge in [-0.2, -0.15) is 8.61 Å². The molecule has 4 rings (SSSR count). The van der Waals surface area contributed by atoms with E-state index in [1.54, 1.807) is 24.3 Å². The summed E-state index contributed by atoms with van der Waals surface area (Å²) in [5.74, 6) is -0.244. The summed E-state index contributed by atoms with van der Waals surface area (Å²) in [5, 5.41) is 2.80. The third kappa shape index (κ3) is 5.73. The molecule has 0 bridgehead atoms. The number of rotatable bonds is 9. The van der Waals surface area contributed by atoms with Crippen LogP contribution in [0.3, 0.4) is 0 Å². The zero-order valence-corrected chi connectivity index (χ0v) is 21.8. The number of sulfonamides is 2. The maximum Gasteiger partial charge on any atom is 0.251 e. The Balaban J connectivity index is 1.39. The van der Waals surface area contributed by atoms with Gasteiger partial charge in [0.25, 0.3) is 5.91 Å². The van der Waals surface area contributed by atoms with E-state index in [-0.39, 0.29) is 34.2 Å². The van der Waals surface area contributed by atoms with Gasteiger partial charge in [0, 0.05) is 38.3 Å². The van der Waals surface area contributed by atoms with Crippen molar-refractivity contribution in [1.82, 2.24) is 13.9 Å². The molecule has 0 unspecified atom stereocenters. The molecular formula is C24H31N3O7S2. The van der Waals surface area contributed by atoms with Crippen molar-refractivity contribution in [1.29, 1.82) is 0 Å². The van der Waals surface area contributed by atoms with Gasteiger partial charge in [-0.3, -0.25) is 4.79 Å². The number of amides is 1. The van der Waals surface area contributed by atoms with E-state index in [2.05, 4.69) is 5.32 Å². The molecule has 2 aliphatic heterocycles. The lowest BCUT2D eigenvalue weighted by molar-refractivity contribution is 0.0729. The Kier molecular flexibility index (Phi) is 8.30. The third-order valence-electron chi connectivity index (χ3n) is 6.34. The highest BCUT2D eigenvalue weighted by atomic mass is 32.2. The average Bonchev–Trinajstić information content (AvgIpc) is 3.45. The van der Waals surface area contributed by atoms with Crippen LogP contribution in [0.5, 0.6) is 5.75 Å². The number of carbonyl (C=O) groups is 1. The van der Waals surface area contributed by atoms with Crippen LogP contribution in [0.15, 0.2) is 52.3 Å². The molecule has 2 heterocycles. The first kappa shape index (κ1) is 26.6. The summed E-state index contributed by atoms with van der Waals surface area (Å²) in [7, 11) is -5.93. The van der Waals surface area contributed by atoms with Gasteiger partial charge < -0.3 is 14.8 Å². The number of hydrogen-bond donors (Lipinski definition) is 1. The molecule has 0 aliphatic carbocycles. The van der Waals surface area contributed by atoms with Crippen LogP contribution in [0, 0.1) is 0 Å². The number of hydrogen-bond acceptors (Lipinski definition) is 7. The van der Waals surface area contributed by atoms with Crippen LogP contribution < -0.4 is 10.1 Å². The summed E-state index contributed by atoms with van der Waals surface area (Å²) in [4.78, 5) is 13.0. The first-order valence-electron chi connectivity index (χ1n) is 11.9. The number of nitrogens with zero attached hydrogens (tertiary/aromatic N) is 2. The molecule has 0 atom stereocenters. The molecule has 196 valence electrons. The van der Waals surface area contributed by atoms with Gasteiger partial charge in [0.1, 0.15) is 10.6 Å². The summed E-state index contributed by atoms with van der Waals surface area (Å²) in [6.45, 7) is 2.50. The Bertz CT molecular complexity index is 1280. The zero-order valence-electron chi connectivity index (χ0n) is 20.2. The summed E-state index contributed by atoms with van der Waals surface area (Å²) >= 11 is 0. The largest absolute Gasteiger partial charge is 0.495 e. The van der Waals surface area contributed by atoms with Gasteiger partial charge in [-0.15, -0.1) is 0 Å². The van der Waals surface area contributed by atoms with Crippen molar-refractivity contribution in [3.63, 3.8) is 0 Å². The van der Waals surface area contributed by atoms with Crippen molar-refractivity contribution in [2.45, 2.75) is 29.1 Å². The Labute approximate surface area is 212 Å². The van der Waals surface area contributed by atoms with Gasteiger partial charge in [0.2, 0.25) is 20.0 Å². The first-order valence-corrected chi connectivity index (χ1v) is 14.7. The number of morpholine rings is 1. The fourth-order valence-electron chi connectivity index (χ4n) is 4.27. The van der Waals surface area contributed by atoms with Gasteiger partial charge in [0.05, 0.1) is 25.2 Å². The van der Waals surface area contributed by atoms with Crippen molar-refractivity contribution in [3.05, 3.63) is 53.6 Å². The van der Waals surface area contributed by atoms with Crippen LogP contribution in [-0.2, 0) is 31.2 Å². The number of ether oxygens (including phenoxy) is 2. The van der Waals surface area contributed by atoms with Crippen LogP contribution in [0.25, 0.3) is 0 Å². The molecule has 10 nitrogen and oxygen atoms in total. The van der Waals surface area contributed by atoms with E-state index < -0.39 is 26.0 Å². The van der Waals surface area contributed by atoms with E-state index in [4.69, 9.17) is 9.47 Å². The van der Waals surface area contributed by atoms with Crippen molar-refractivity contribution in [3.8, 4) is 5.75 Å². The molecule has 1 N–H and O–H groups in total. The van der Waals surface area contributed by atoms with Crippen molar-refractivity contribution in [2.24, 2.45) is 0 Å². The molecule has 12 heteroatoms. The average molecular weight is 538 g/mol. The van der Waals surface area contributed by atoms with Crippen molar-refractivity contribution < 1.29 is 31.1 Å². The Hall–Kier alpha value is -2.51. The lowest BCUT2D eigenvalue weighted by atomic mass is 10.1. The van der Waals surface area contributed by atoms with Crippen molar-refractivity contribution in [2.75, 3.05) is 53.0 Å². The minimum absolute atomic E-state index is 0.0608. The molecule has 1 amide bonds. The van der Waals surface area contributed by atoms with E-state index in [1.165, 1.54) is 33.9 Å². The Morgan fingerprint density at radius 3 is 2.19 bits per heavy atom. The van der Waals surface area contributed by atoms with Crippen LogP contribution in [0.2, 0.25) is 0 Å². The van der Waals surface area contributed by atoms with Gasteiger partial charge in [-0.25, -0.2) is 16.8 Å². The molecule has 0 saturated carbocycles. The molecule has 2 aliphatic rings. The van der Waals surface area contributed by atoms with E-state index in [0.29, 0.717) is 39.3 Å². The standard InChI is InChI=1S/C24H31N3O7S2/c1-33-22-9-6-20(18-23(22)36(31,32)27-14-16-34-17-15-27)24(28)25-11-10-19-4-7-21(8-5-19)35(29,30)26-12-2-3-13-26/h4-9,18H,2-3,10-17H2,1H3,(H,25,28).